The summed E-state index contributed by atoms with van der Waals surface area (Å²) in [5, 5.41) is 22.7. The van der Waals surface area contributed by atoms with Crippen molar-refractivity contribution in [2.24, 2.45) is 0 Å². The predicted molar refractivity (Wildman–Crippen MR) is 148 cm³/mol. The summed E-state index contributed by atoms with van der Waals surface area (Å²) in [5.41, 5.74) is 1.84. The van der Waals surface area contributed by atoms with Crippen molar-refractivity contribution in [1.82, 2.24) is 4.90 Å². The number of aromatic hydroxyl groups is 1. The minimum Gasteiger partial charge on any atom is -0.507 e. The first-order chi connectivity index (χ1) is 17.2. The summed E-state index contributed by atoms with van der Waals surface area (Å²) in [6.45, 7) is 13.0. The smallest absolute Gasteiger partial charge is 0.295 e. The second kappa shape index (κ2) is 9.91. The van der Waals surface area contributed by atoms with Gasteiger partial charge < -0.3 is 19.8 Å². The van der Waals surface area contributed by atoms with Crippen LogP contribution in [0, 0.1) is 0 Å². The molecule has 0 bridgehead atoms. The number of nitrogens with zero attached hydrogens (tertiary/aromatic N) is 1. The van der Waals surface area contributed by atoms with Gasteiger partial charge >= 0.3 is 0 Å². The molecule has 2 N–H and O–H groups in total. The lowest BCUT2D eigenvalue weighted by Crippen LogP contribution is -2.36. The van der Waals surface area contributed by atoms with E-state index in [9.17, 15) is 19.8 Å². The van der Waals surface area contributed by atoms with Gasteiger partial charge in [-0.25, -0.2) is 0 Å². The van der Waals surface area contributed by atoms with Gasteiger partial charge in [0.15, 0.2) is 0 Å². The van der Waals surface area contributed by atoms with E-state index in [1.54, 1.807) is 24.3 Å². The molecule has 0 aromatic heterocycles. The van der Waals surface area contributed by atoms with Crippen molar-refractivity contribution in [2.75, 3.05) is 13.2 Å². The summed E-state index contributed by atoms with van der Waals surface area (Å²) >= 11 is 3.40. The largest absolute Gasteiger partial charge is 0.507 e. The number of benzene rings is 2. The molecule has 4 rings (SSSR count). The van der Waals surface area contributed by atoms with E-state index in [4.69, 9.17) is 4.74 Å². The van der Waals surface area contributed by atoms with Gasteiger partial charge in [0.1, 0.15) is 11.5 Å². The Morgan fingerprint density at radius 1 is 1.03 bits per heavy atom. The van der Waals surface area contributed by atoms with Gasteiger partial charge in [0, 0.05) is 23.2 Å². The Labute approximate surface area is 227 Å². The lowest BCUT2D eigenvalue weighted by Gasteiger charge is -2.32. The number of rotatable bonds is 4. The van der Waals surface area contributed by atoms with E-state index >= 15 is 0 Å². The van der Waals surface area contributed by atoms with Crippen LogP contribution in [-0.4, -0.2) is 46.1 Å². The molecule has 37 heavy (non-hydrogen) atoms. The van der Waals surface area contributed by atoms with E-state index in [2.05, 4.69) is 15.9 Å². The third-order valence-electron chi connectivity index (χ3n) is 7.15. The Morgan fingerprint density at radius 2 is 1.59 bits per heavy atom. The first-order valence-electron chi connectivity index (χ1n) is 12.7. The average Bonchev–Trinajstić information content (AvgIpc) is 3.40. The molecule has 2 unspecified atom stereocenters. The van der Waals surface area contributed by atoms with Crippen molar-refractivity contribution in [3.63, 3.8) is 0 Å². The zero-order valence-corrected chi connectivity index (χ0v) is 24.0. The molecule has 2 heterocycles. The number of Topliss-reactive ketones (excluding diaryl/α,β-unsaturated/α-hetero) is 1. The molecule has 0 saturated carbocycles. The molecule has 0 aliphatic carbocycles. The highest BCUT2D eigenvalue weighted by Crippen LogP contribution is 2.46. The third-order valence-corrected chi connectivity index (χ3v) is 7.67. The minimum absolute atomic E-state index is 0.0516. The van der Waals surface area contributed by atoms with E-state index < -0.39 is 28.6 Å². The number of ether oxygens (including phenoxy) is 1. The van der Waals surface area contributed by atoms with Gasteiger partial charge in [0.05, 0.1) is 17.7 Å². The van der Waals surface area contributed by atoms with Crippen LogP contribution in [0.25, 0.3) is 5.76 Å². The molecular formula is C30H36BrNO5. The molecule has 2 fully saturated rings. The average molecular weight is 571 g/mol. The SMILES string of the molecule is CC(C)(C)c1cc(C2/C(=C(\O)c3ccc(Br)cc3)C(=O)C(=O)N2CC2CCCO2)cc(C(C)(C)C)c1O. The van der Waals surface area contributed by atoms with Crippen LogP contribution in [-0.2, 0) is 25.2 Å². The molecule has 2 saturated heterocycles. The molecule has 2 aliphatic rings. The number of halogens is 1. The maximum absolute atomic E-state index is 13.5. The third kappa shape index (κ3) is 5.34. The standard InChI is InChI=1S/C30H36BrNO5/c1-29(2,3)21-14-18(15-22(26(21)34)30(4,5)6)24-23(25(33)17-9-11-19(31)12-10-17)27(35)28(36)32(24)16-20-8-7-13-37-20/h9-12,14-15,20,24,33-34H,7-8,13,16H2,1-6H3/b25-23+. The molecule has 2 atom stereocenters. The van der Waals surface area contributed by atoms with E-state index in [1.165, 1.54) is 4.90 Å². The number of phenolic OH excluding ortho intramolecular Hbond substituents is 1. The molecule has 6 nitrogen and oxygen atoms in total. The molecule has 2 aliphatic heterocycles. The molecular weight excluding hydrogens is 534 g/mol. The highest BCUT2D eigenvalue weighted by atomic mass is 79.9. The Hall–Kier alpha value is -2.64. The van der Waals surface area contributed by atoms with Crippen molar-refractivity contribution in [3.8, 4) is 5.75 Å². The number of aliphatic hydroxyl groups is 1. The van der Waals surface area contributed by atoms with E-state index in [-0.39, 0.29) is 29.7 Å². The van der Waals surface area contributed by atoms with Crippen LogP contribution >= 0.6 is 15.9 Å². The quantitative estimate of drug-likeness (QED) is 0.254. The van der Waals surface area contributed by atoms with Crippen LogP contribution in [0.4, 0.5) is 0 Å². The second-order valence-corrected chi connectivity index (χ2v) is 13.0. The van der Waals surface area contributed by atoms with Crippen molar-refractivity contribution in [2.45, 2.75) is 77.4 Å². The summed E-state index contributed by atoms with van der Waals surface area (Å²) < 4.78 is 6.66. The number of phenols is 1. The molecule has 2 aromatic rings. The van der Waals surface area contributed by atoms with Crippen LogP contribution in [0.15, 0.2) is 46.4 Å². The van der Waals surface area contributed by atoms with Gasteiger partial charge in [-0.05, 0) is 64.6 Å². The number of aliphatic hydroxyl groups excluding tert-OH is 1. The first kappa shape index (κ1) is 27.4. The van der Waals surface area contributed by atoms with Gasteiger partial charge in [0.2, 0.25) is 0 Å². The van der Waals surface area contributed by atoms with Crippen molar-refractivity contribution < 1.29 is 24.5 Å². The number of hydrogen-bond donors (Lipinski definition) is 2. The number of hydrogen-bond acceptors (Lipinski definition) is 5. The van der Waals surface area contributed by atoms with Crippen molar-refractivity contribution in [1.29, 1.82) is 0 Å². The lowest BCUT2D eigenvalue weighted by atomic mass is 9.77. The Balaban J connectivity index is 1.98. The molecule has 198 valence electrons. The zero-order chi connectivity index (χ0) is 27.3. The summed E-state index contributed by atoms with van der Waals surface area (Å²) in [7, 11) is 0. The normalized spacial score (nSPS) is 22.2. The molecule has 0 radical (unpaired) electrons. The number of likely N-dealkylation sites (tertiary alicyclic amines) is 1. The summed E-state index contributed by atoms with van der Waals surface area (Å²) in [6.07, 6.45) is 1.53. The Morgan fingerprint density at radius 3 is 2.08 bits per heavy atom. The highest BCUT2D eigenvalue weighted by molar-refractivity contribution is 9.10. The van der Waals surface area contributed by atoms with Crippen LogP contribution in [0.1, 0.15) is 82.7 Å². The fraction of sp³-hybridized carbons (Fsp3) is 0.467. The number of carbonyl (C=O) groups is 2. The van der Waals surface area contributed by atoms with Crippen LogP contribution in [0.3, 0.4) is 0 Å². The predicted octanol–water partition coefficient (Wildman–Crippen LogP) is 6.35. The van der Waals surface area contributed by atoms with Gasteiger partial charge in [0.25, 0.3) is 11.7 Å². The Kier molecular flexibility index (Phi) is 7.34. The van der Waals surface area contributed by atoms with E-state index in [0.29, 0.717) is 17.7 Å². The number of amides is 1. The summed E-state index contributed by atoms with van der Waals surface area (Å²) in [4.78, 5) is 28.4. The van der Waals surface area contributed by atoms with Gasteiger partial charge in [-0.3, -0.25) is 9.59 Å². The monoisotopic (exact) mass is 569 g/mol. The Bertz CT molecular complexity index is 1210. The molecule has 1 amide bonds. The summed E-state index contributed by atoms with van der Waals surface area (Å²) in [6, 6.07) is 9.92. The van der Waals surface area contributed by atoms with Crippen LogP contribution < -0.4 is 0 Å². The minimum atomic E-state index is -0.810. The highest BCUT2D eigenvalue weighted by Gasteiger charge is 2.47. The van der Waals surface area contributed by atoms with Gasteiger partial charge in [-0.15, -0.1) is 0 Å². The summed E-state index contributed by atoms with van der Waals surface area (Å²) in [5.74, 6) is -1.37. The maximum Gasteiger partial charge on any atom is 0.295 e. The van der Waals surface area contributed by atoms with Gasteiger partial charge in [-0.1, -0.05) is 69.6 Å². The number of ketones is 1. The van der Waals surface area contributed by atoms with Crippen molar-refractivity contribution in [3.05, 3.63) is 68.7 Å². The van der Waals surface area contributed by atoms with Gasteiger partial charge in [-0.2, -0.15) is 0 Å². The van der Waals surface area contributed by atoms with Crippen molar-refractivity contribution >= 4 is 33.4 Å². The molecule has 7 heteroatoms. The first-order valence-corrected chi connectivity index (χ1v) is 13.5. The van der Waals surface area contributed by atoms with E-state index in [0.717, 1.165) is 28.4 Å². The number of carbonyl (C=O) groups excluding carboxylic acids is 2. The van der Waals surface area contributed by atoms with E-state index in [1.807, 2.05) is 53.7 Å². The fourth-order valence-electron chi connectivity index (χ4n) is 5.14. The van der Waals surface area contributed by atoms with Crippen LogP contribution in [0.5, 0.6) is 5.75 Å². The second-order valence-electron chi connectivity index (χ2n) is 12.1. The van der Waals surface area contributed by atoms with Crippen LogP contribution in [0.2, 0.25) is 0 Å². The molecule has 0 spiro atoms. The fourth-order valence-corrected chi connectivity index (χ4v) is 5.41. The topological polar surface area (TPSA) is 87.1 Å². The maximum atomic E-state index is 13.5. The lowest BCUT2D eigenvalue weighted by molar-refractivity contribution is -0.140. The zero-order valence-electron chi connectivity index (χ0n) is 22.4. The molecule has 2 aromatic carbocycles.